The summed E-state index contributed by atoms with van der Waals surface area (Å²) < 4.78 is 5.53. The summed E-state index contributed by atoms with van der Waals surface area (Å²) in [4.78, 5) is 13.2. The molecule has 0 spiro atoms. The molecule has 1 saturated heterocycles. The van der Waals surface area contributed by atoms with Gasteiger partial charge < -0.3 is 9.84 Å². The number of carbonyl (C=O) groups is 1. The molecule has 1 aliphatic heterocycles. The average Bonchev–Trinajstić information content (AvgIpc) is 2.38. The van der Waals surface area contributed by atoms with Crippen LogP contribution in [0.2, 0.25) is 0 Å². The van der Waals surface area contributed by atoms with Gasteiger partial charge in [0.15, 0.2) is 0 Å². The number of rotatable bonds is 4. The molecule has 0 bridgehead atoms. The van der Waals surface area contributed by atoms with Crippen LogP contribution >= 0.6 is 0 Å². The van der Waals surface area contributed by atoms with Gasteiger partial charge in [0.25, 0.3) is 0 Å². The zero-order valence-electron chi connectivity index (χ0n) is 11.3. The minimum Gasteiger partial charge on any atom is -0.481 e. The number of carboxylic acid groups (broad SMARTS) is 1. The second kappa shape index (κ2) is 6.53. The minimum atomic E-state index is -0.753. The Morgan fingerprint density at radius 1 is 1.33 bits per heavy atom. The Morgan fingerprint density at radius 2 is 2.06 bits per heavy atom. The van der Waals surface area contributed by atoms with Crippen molar-refractivity contribution in [3.8, 4) is 0 Å². The number of nitrogens with zero attached hydrogens (tertiary/aromatic N) is 1. The highest BCUT2D eigenvalue weighted by molar-refractivity contribution is 5.67. The van der Waals surface area contributed by atoms with Gasteiger partial charge in [-0.1, -0.05) is 13.3 Å². The lowest BCUT2D eigenvalue weighted by molar-refractivity contribution is -0.142. The van der Waals surface area contributed by atoms with Crippen LogP contribution in [0.5, 0.6) is 0 Å². The van der Waals surface area contributed by atoms with Gasteiger partial charge in [-0.05, 0) is 31.6 Å². The summed E-state index contributed by atoms with van der Waals surface area (Å²) in [6, 6.07) is 0.660. The summed E-state index contributed by atoms with van der Waals surface area (Å²) in [5, 5.41) is 8.83. The molecule has 1 saturated carbocycles. The maximum atomic E-state index is 10.7. The predicted molar refractivity (Wildman–Crippen MR) is 69.6 cm³/mol. The lowest BCUT2D eigenvalue weighted by Crippen LogP contribution is -2.49. The summed E-state index contributed by atoms with van der Waals surface area (Å²) in [6.07, 6.45) is 6.55. The molecule has 0 radical (unpaired) electrons. The van der Waals surface area contributed by atoms with Crippen LogP contribution < -0.4 is 0 Å². The van der Waals surface area contributed by atoms with Crippen molar-refractivity contribution >= 4 is 5.97 Å². The van der Waals surface area contributed by atoms with Gasteiger partial charge in [-0.3, -0.25) is 9.69 Å². The van der Waals surface area contributed by atoms with E-state index in [4.69, 9.17) is 9.84 Å². The highest BCUT2D eigenvalue weighted by Gasteiger charge is 2.30. The van der Waals surface area contributed by atoms with Crippen molar-refractivity contribution in [2.24, 2.45) is 5.92 Å². The molecule has 0 aromatic rings. The molecule has 104 valence electrons. The average molecular weight is 255 g/mol. The maximum Gasteiger partial charge on any atom is 0.306 e. The van der Waals surface area contributed by atoms with Gasteiger partial charge in [-0.25, -0.2) is 0 Å². The molecule has 1 N–H and O–H groups in total. The van der Waals surface area contributed by atoms with Crippen LogP contribution in [0.15, 0.2) is 0 Å². The number of hydrogen-bond donors (Lipinski definition) is 1. The van der Waals surface area contributed by atoms with Crippen LogP contribution in [0.3, 0.4) is 0 Å². The summed E-state index contributed by atoms with van der Waals surface area (Å²) in [7, 11) is 0. The second-order valence-electron chi connectivity index (χ2n) is 5.67. The van der Waals surface area contributed by atoms with Crippen LogP contribution in [0.25, 0.3) is 0 Å². The van der Waals surface area contributed by atoms with Crippen molar-refractivity contribution in [2.45, 2.75) is 57.6 Å². The maximum absolute atomic E-state index is 10.7. The van der Waals surface area contributed by atoms with Gasteiger partial charge in [0.05, 0.1) is 19.1 Å². The van der Waals surface area contributed by atoms with Crippen molar-refractivity contribution in [1.82, 2.24) is 4.90 Å². The van der Waals surface area contributed by atoms with Crippen molar-refractivity contribution in [1.29, 1.82) is 0 Å². The van der Waals surface area contributed by atoms with E-state index in [0.717, 1.165) is 19.0 Å². The molecule has 0 aromatic carbocycles. The molecule has 1 unspecified atom stereocenters. The zero-order chi connectivity index (χ0) is 13.0. The molecule has 0 amide bonds. The molecular formula is C14H25NO3. The van der Waals surface area contributed by atoms with Crippen molar-refractivity contribution in [2.75, 3.05) is 19.7 Å². The van der Waals surface area contributed by atoms with Gasteiger partial charge in [0.1, 0.15) is 0 Å². The Bertz CT molecular complexity index is 274. The van der Waals surface area contributed by atoms with Gasteiger partial charge in [-0.2, -0.15) is 0 Å². The first-order chi connectivity index (χ1) is 8.69. The van der Waals surface area contributed by atoms with Crippen molar-refractivity contribution in [3.05, 3.63) is 0 Å². The van der Waals surface area contributed by atoms with E-state index in [1.807, 2.05) is 0 Å². The van der Waals surface area contributed by atoms with E-state index in [2.05, 4.69) is 11.8 Å². The van der Waals surface area contributed by atoms with Crippen LogP contribution in [0, 0.1) is 5.92 Å². The van der Waals surface area contributed by atoms with Gasteiger partial charge in [0, 0.05) is 19.1 Å². The summed E-state index contributed by atoms with van der Waals surface area (Å²) >= 11 is 0. The first kappa shape index (κ1) is 13.8. The van der Waals surface area contributed by atoms with Crippen LogP contribution in [-0.4, -0.2) is 47.8 Å². The van der Waals surface area contributed by atoms with Gasteiger partial charge in [0.2, 0.25) is 0 Å². The molecule has 18 heavy (non-hydrogen) atoms. The topological polar surface area (TPSA) is 49.8 Å². The number of carboxylic acids is 1. The van der Waals surface area contributed by atoms with Crippen LogP contribution in [0.1, 0.15) is 45.4 Å². The number of morpholine rings is 1. The molecule has 4 nitrogen and oxygen atoms in total. The van der Waals surface area contributed by atoms with E-state index in [0.29, 0.717) is 12.6 Å². The van der Waals surface area contributed by atoms with E-state index in [1.165, 1.54) is 32.1 Å². The number of hydrogen-bond acceptors (Lipinski definition) is 3. The van der Waals surface area contributed by atoms with Crippen LogP contribution in [0.4, 0.5) is 0 Å². The normalized spacial score (nSPS) is 34.4. The number of ether oxygens (including phenoxy) is 1. The molecule has 1 heterocycles. The fourth-order valence-corrected chi connectivity index (χ4v) is 3.31. The fourth-order valence-electron chi connectivity index (χ4n) is 3.31. The van der Waals surface area contributed by atoms with Crippen molar-refractivity contribution in [3.63, 3.8) is 0 Å². The molecule has 2 fully saturated rings. The molecule has 1 aliphatic carbocycles. The number of aliphatic carboxylic acids is 1. The fraction of sp³-hybridized carbons (Fsp3) is 0.929. The third-order valence-electron chi connectivity index (χ3n) is 4.48. The van der Waals surface area contributed by atoms with E-state index in [-0.39, 0.29) is 12.5 Å². The Balaban J connectivity index is 1.80. The first-order valence-corrected chi connectivity index (χ1v) is 7.26. The first-order valence-electron chi connectivity index (χ1n) is 7.26. The molecule has 2 aliphatic rings. The highest BCUT2D eigenvalue weighted by Crippen LogP contribution is 2.30. The zero-order valence-corrected chi connectivity index (χ0v) is 11.3. The predicted octanol–water partition coefficient (Wildman–Crippen LogP) is 2.13. The summed E-state index contributed by atoms with van der Waals surface area (Å²) in [6.45, 7) is 4.74. The monoisotopic (exact) mass is 255 g/mol. The van der Waals surface area contributed by atoms with E-state index >= 15 is 0 Å². The van der Waals surface area contributed by atoms with E-state index in [1.54, 1.807) is 0 Å². The lowest BCUT2D eigenvalue weighted by Gasteiger charge is -2.41. The Labute approximate surface area is 109 Å². The third-order valence-corrected chi connectivity index (χ3v) is 4.48. The second-order valence-corrected chi connectivity index (χ2v) is 5.67. The van der Waals surface area contributed by atoms with Gasteiger partial charge in [-0.15, -0.1) is 0 Å². The van der Waals surface area contributed by atoms with Crippen molar-refractivity contribution < 1.29 is 14.6 Å². The molecule has 2 rings (SSSR count). The Morgan fingerprint density at radius 3 is 2.67 bits per heavy atom. The standard InChI is InChI=1S/C14H25NO3/c1-2-11-3-5-12(6-4-11)15-7-8-18-13(10-15)9-14(16)17/h11-13H,2-10H2,1H3,(H,16,17). The molecule has 1 atom stereocenters. The molecular weight excluding hydrogens is 230 g/mol. The molecule has 0 aromatic heterocycles. The lowest BCUT2D eigenvalue weighted by atomic mass is 9.83. The summed E-state index contributed by atoms with van der Waals surface area (Å²) in [5.41, 5.74) is 0. The minimum absolute atomic E-state index is 0.111. The SMILES string of the molecule is CCC1CCC(N2CCOC(CC(=O)O)C2)CC1. The summed E-state index contributed by atoms with van der Waals surface area (Å²) in [5.74, 6) is 0.161. The van der Waals surface area contributed by atoms with Crippen LogP contribution in [-0.2, 0) is 9.53 Å². The largest absolute Gasteiger partial charge is 0.481 e. The molecule has 4 heteroatoms. The Hall–Kier alpha value is -0.610. The van der Waals surface area contributed by atoms with Gasteiger partial charge >= 0.3 is 5.97 Å². The third kappa shape index (κ3) is 3.69. The quantitative estimate of drug-likeness (QED) is 0.836. The highest BCUT2D eigenvalue weighted by atomic mass is 16.5. The Kier molecular flexibility index (Phi) is 5.01. The van der Waals surface area contributed by atoms with E-state index < -0.39 is 5.97 Å². The smallest absolute Gasteiger partial charge is 0.306 e. The van der Waals surface area contributed by atoms with E-state index in [9.17, 15) is 4.79 Å².